The molecule has 1 rings (SSSR count). The summed E-state index contributed by atoms with van der Waals surface area (Å²) in [6.45, 7) is 0.384. The maximum atomic E-state index is 11.1. The van der Waals surface area contributed by atoms with E-state index in [0.29, 0.717) is 18.7 Å². The van der Waals surface area contributed by atoms with Crippen LogP contribution in [0.15, 0.2) is 12.3 Å². The van der Waals surface area contributed by atoms with Crippen LogP contribution in [0, 0.1) is 0 Å². The van der Waals surface area contributed by atoms with E-state index in [-0.39, 0.29) is 5.78 Å². The zero-order valence-electron chi connectivity index (χ0n) is 6.45. The number of hydrogen-bond donors (Lipinski definition) is 1. The minimum Gasteiger partial charge on any atom is -0.330 e. The highest BCUT2D eigenvalue weighted by molar-refractivity contribution is 5.94. The number of Topliss-reactive ketones (excluding diaryl/α,β-unsaturated/α-hetero) is 1. The highest BCUT2D eigenvalue weighted by Crippen LogP contribution is 1.97. The Labute approximate surface area is 65.0 Å². The molecule has 2 N–H and O–H groups in total. The summed E-state index contributed by atoms with van der Waals surface area (Å²) in [4.78, 5) is 11.1. The quantitative estimate of drug-likeness (QED) is 0.619. The minimum atomic E-state index is 0.00750. The Morgan fingerprint density at radius 3 is 3.00 bits per heavy atom. The second kappa shape index (κ2) is 3.30. The molecule has 1 aromatic heterocycles. The summed E-state index contributed by atoms with van der Waals surface area (Å²) >= 11 is 0. The van der Waals surface area contributed by atoms with Crippen LogP contribution < -0.4 is 5.73 Å². The maximum absolute atomic E-state index is 11.1. The first-order valence-corrected chi connectivity index (χ1v) is 3.47. The molecule has 4 heteroatoms. The predicted octanol–water partition coefficient (Wildman–Crippen LogP) is -0.0484. The van der Waals surface area contributed by atoms with E-state index < -0.39 is 0 Å². The standard InChI is InChI=1S/C7H11N3O/c1-10-5-3-6(9-10)7(11)2-4-8/h3,5H,2,4,8H2,1H3. The number of carbonyl (C=O) groups excluding carboxylic acids is 1. The van der Waals surface area contributed by atoms with E-state index in [9.17, 15) is 4.79 Å². The Morgan fingerprint density at radius 1 is 1.82 bits per heavy atom. The molecule has 0 atom stereocenters. The van der Waals surface area contributed by atoms with Gasteiger partial charge in [0.05, 0.1) is 0 Å². The van der Waals surface area contributed by atoms with Crippen LogP contribution in [0.5, 0.6) is 0 Å². The van der Waals surface area contributed by atoms with Gasteiger partial charge in [0.25, 0.3) is 0 Å². The molecule has 1 aromatic rings. The lowest BCUT2D eigenvalue weighted by atomic mass is 10.2. The second-order valence-corrected chi connectivity index (χ2v) is 2.34. The molecule has 0 aliphatic heterocycles. The largest absolute Gasteiger partial charge is 0.330 e. The molecule has 0 fully saturated rings. The Balaban J connectivity index is 2.69. The number of aromatic nitrogens is 2. The molecule has 11 heavy (non-hydrogen) atoms. The molecule has 0 saturated carbocycles. The molecule has 0 saturated heterocycles. The molecule has 0 amide bonds. The number of ketones is 1. The van der Waals surface area contributed by atoms with Crippen LogP contribution in [-0.4, -0.2) is 22.1 Å². The van der Waals surface area contributed by atoms with Crippen molar-refractivity contribution in [3.8, 4) is 0 Å². The van der Waals surface area contributed by atoms with Crippen LogP contribution in [0.4, 0.5) is 0 Å². The topological polar surface area (TPSA) is 60.9 Å². The molecular formula is C7H11N3O. The van der Waals surface area contributed by atoms with Crippen LogP contribution in [0.25, 0.3) is 0 Å². The van der Waals surface area contributed by atoms with Crippen molar-refractivity contribution in [1.82, 2.24) is 9.78 Å². The third-order valence-electron chi connectivity index (χ3n) is 1.37. The first kappa shape index (κ1) is 7.94. The summed E-state index contributed by atoms with van der Waals surface area (Å²) in [5, 5.41) is 3.94. The Bertz CT molecular complexity index is 254. The van der Waals surface area contributed by atoms with Gasteiger partial charge in [-0.1, -0.05) is 0 Å². The molecule has 1 heterocycles. The van der Waals surface area contributed by atoms with Gasteiger partial charge in [-0.05, 0) is 12.6 Å². The van der Waals surface area contributed by atoms with Gasteiger partial charge in [0.1, 0.15) is 5.69 Å². The van der Waals surface area contributed by atoms with Gasteiger partial charge in [-0.2, -0.15) is 5.10 Å². The Kier molecular flexibility index (Phi) is 2.38. The van der Waals surface area contributed by atoms with Gasteiger partial charge < -0.3 is 5.73 Å². The number of aryl methyl sites for hydroxylation is 1. The average Bonchev–Trinajstić information content (AvgIpc) is 2.36. The third kappa shape index (κ3) is 1.88. The van der Waals surface area contributed by atoms with E-state index in [2.05, 4.69) is 5.10 Å². The fourth-order valence-electron chi connectivity index (χ4n) is 0.823. The van der Waals surface area contributed by atoms with E-state index in [1.54, 1.807) is 24.0 Å². The van der Waals surface area contributed by atoms with Gasteiger partial charge >= 0.3 is 0 Å². The van der Waals surface area contributed by atoms with Gasteiger partial charge in [-0.3, -0.25) is 9.48 Å². The molecule has 4 nitrogen and oxygen atoms in total. The zero-order valence-corrected chi connectivity index (χ0v) is 6.45. The lowest BCUT2D eigenvalue weighted by molar-refractivity contribution is 0.0980. The first-order valence-electron chi connectivity index (χ1n) is 3.47. The second-order valence-electron chi connectivity index (χ2n) is 2.34. The van der Waals surface area contributed by atoms with Crippen molar-refractivity contribution >= 4 is 5.78 Å². The van der Waals surface area contributed by atoms with Crippen molar-refractivity contribution < 1.29 is 4.79 Å². The molecule has 0 unspecified atom stereocenters. The molecule has 0 aliphatic carbocycles. The maximum Gasteiger partial charge on any atom is 0.184 e. The lowest BCUT2D eigenvalue weighted by Gasteiger charge is -1.91. The molecule has 60 valence electrons. The van der Waals surface area contributed by atoms with Gasteiger partial charge in [0, 0.05) is 19.7 Å². The van der Waals surface area contributed by atoms with Crippen molar-refractivity contribution in [2.24, 2.45) is 12.8 Å². The van der Waals surface area contributed by atoms with E-state index >= 15 is 0 Å². The van der Waals surface area contributed by atoms with E-state index in [1.807, 2.05) is 0 Å². The summed E-state index contributed by atoms with van der Waals surface area (Å²) in [6, 6.07) is 1.69. The van der Waals surface area contributed by atoms with Crippen LogP contribution in [0.3, 0.4) is 0 Å². The third-order valence-corrected chi connectivity index (χ3v) is 1.37. The van der Waals surface area contributed by atoms with Gasteiger partial charge in [0.15, 0.2) is 5.78 Å². The summed E-state index contributed by atoms with van der Waals surface area (Å²) in [7, 11) is 1.78. The van der Waals surface area contributed by atoms with Gasteiger partial charge in [-0.15, -0.1) is 0 Å². The fourth-order valence-corrected chi connectivity index (χ4v) is 0.823. The smallest absolute Gasteiger partial charge is 0.184 e. The number of carbonyl (C=O) groups is 1. The lowest BCUT2D eigenvalue weighted by Crippen LogP contribution is -2.08. The molecule has 0 radical (unpaired) electrons. The predicted molar refractivity (Wildman–Crippen MR) is 41.2 cm³/mol. The zero-order chi connectivity index (χ0) is 8.27. The number of rotatable bonds is 3. The summed E-state index contributed by atoms with van der Waals surface area (Å²) in [6.07, 6.45) is 2.11. The molecule has 0 aromatic carbocycles. The van der Waals surface area contributed by atoms with Crippen molar-refractivity contribution in [3.63, 3.8) is 0 Å². The van der Waals surface area contributed by atoms with Gasteiger partial charge in [-0.25, -0.2) is 0 Å². The monoisotopic (exact) mass is 153 g/mol. The summed E-state index contributed by atoms with van der Waals surface area (Å²) in [5.74, 6) is 0.00750. The van der Waals surface area contributed by atoms with E-state index in [4.69, 9.17) is 5.73 Å². The van der Waals surface area contributed by atoms with E-state index in [1.165, 1.54) is 0 Å². The van der Waals surface area contributed by atoms with Crippen LogP contribution in [-0.2, 0) is 7.05 Å². The normalized spacial score (nSPS) is 10.0. The fraction of sp³-hybridized carbons (Fsp3) is 0.429. The number of nitrogens with two attached hydrogens (primary N) is 1. The van der Waals surface area contributed by atoms with Crippen molar-refractivity contribution in [3.05, 3.63) is 18.0 Å². The minimum absolute atomic E-state index is 0.00750. The van der Waals surface area contributed by atoms with Crippen molar-refractivity contribution in [2.45, 2.75) is 6.42 Å². The summed E-state index contributed by atoms with van der Waals surface area (Å²) < 4.78 is 1.60. The number of hydrogen-bond acceptors (Lipinski definition) is 3. The van der Waals surface area contributed by atoms with Gasteiger partial charge in [0.2, 0.25) is 0 Å². The van der Waals surface area contributed by atoms with Crippen LogP contribution in [0.1, 0.15) is 16.9 Å². The van der Waals surface area contributed by atoms with Crippen molar-refractivity contribution in [1.29, 1.82) is 0 Å². The Hall–Kier alpha value is -1.16. The van der Waals surface area contributed by atoms with Crippen LogP contribution in [0.2, 0.25) is 0 Å². The first-order chi connectivity index (χ1) is 5.24. The van der Waals surface area contributed by atoms with E-state index in [0.717, 1.165) is 0 Å². The highest BCUT2D eigenvalue weighted by atomic mass is 16.1. The molecule has 0 bridgehead atoms. The molecular weight excluding hydrogens is 142 g/mol. The van der Waals surface area contributed by atoms with Crippen molar-refractivity contribution in [2.75, 3.05) is 6.54 Å². The Morgan fingerprint density at radius 2 is 2.55 bits per heavy atom. The summed E-state index contributed by atoms with van der Waals surface area (Å²) in [5.41, 5.74) is 5.72. The number of nitrogens with zero attached hydrogens (tertiary/aromatic N) is 2. The SMILES string of the molecule is Cn1ccc(C(=O)CCN)n1. The molecule has 0 spiro atoms. The van der Waals surface area contributed by atoms with Crippen LogP contribution >= 0.6 is 0 Å². The highest BCUT2D eigenvalue weighted by Gasteiger charge is 2.06. The average molecular weight is 153 g/mol. The molecule has 0 aliphatic rings.